The zero-order valence-electron chi connectivity index (χ0n) is 16.2. The van der Waals surface area contributed by atoms with E-state index < -0.39 is 0 Å². The van der Waals surface area contributed by atoms with Crippen LogP contribution in [0.3, 0.4) is 0 Å². The van der Waals surface area contributed by atoms with Crippen molar-refractivity contribution in [1.82, 2.24) is 30.0 Å². The average Bonchev–Trinajstić information content (AvgIpc) is 3.34. The summed E-state index contributed by atoms with van der Waals surface area (Å²) in [6.45, 7) is 4.35. The topological polar surface area (TPSA) is 75.9 Å². The first kappa shape index (κ1) is 18.0. The van der Waals surface area contributed by atoms with Gasteiger partial charge in [0, 0.05) is 51.5 Å². The van der Waals surface area contributed by atoms with Gasteiger partial charge < -0.3 is 9.88 Å². The molecule has 2 aliphatic rings. The van der Waals surface area contributed by atoms with E-state index in [0.717, 1.165) is 44.0 Å². The van der Waals surface area contributed by atoms with Crippen molar-refractivity contribution in [1.29, 1.82) is 0 Å². The highest BCUT2D eigenvalue weighted by molar-refractivity contribution is 5.90. The van der Waals surface area contributed by atoms with Gasteiger partial charge in [-0.25, -0.2) is 0 Å². The molecule has 148 valence electrons. The molecular weight excluding hydrogens is 364 g/mol. The van der Waals surface area contributed by atoms with Gasteiger partial charge in [0.1, 0.15) is 5.82 Å². The molecule has 0 spiro atoms. The van der Waals surface area contributed by atoms with Gasteiger partial charge in [-0.3, -0.25) is 14.7 Å². The second-order valence-corrected chi connectivity index (χ2v) is 7.99. The van der Waals surface area contributed by atoms with Crippen LogP contribution in [-0.2, 0) is 26.1 Å². The lowest BCUT2D eigenvalue weighted by molar-refractivity contribution is 0.0932. The van der Waals surface area contributed by atoms with Crippen LogP contribution < -0.4 is 5.32 Å². The fraction of sp³-hybridized carbons (Fsp3) is 0.364. The number of likely N-dealkylation sites (tertiary alicyclic amines) is 1. The van der Waals surface area contributed by atoms with Crippen LogP contribution in [0.1, 0.15) is 27.6 Å². The number of nitrogens with one attached hydrogen (secondary N) is 1. The number of aromatic nitrogens is 4. The second-order valence-electron chi connectivity index (χ2n) is 7.99. The lowest BCUT2D eigenvalue weighted by Crippen LogP contribution is -2.32. The average molecular weight is 388 g/mol. The van der Waals surface area contributed by atoms with Crippen molar-refractivity contribution in [2.45, 2.75) is 26.1 Å². The lowest BCUT2D eigenvalue weighted by Gasteiger charge is -2.25. The van der Waals surface area contributed by atoms with Crippen molar-refractivity contribution in [3.63, 3.8) is 0 Å². The Labute approximate surface area is 169 Å². The molecule has 0 saturated carbocycles. The first-order valence-electron chi connectivity index (χ1n) is 10.1. The molecule has 1 amide bonds. The normalized spacial score (nSPS) is 20.8. The molecule has 1 aromatic carbocycles. The molecule has 2 aromatic heterocycles. The van der Waals surface area contributed by atoms with Crippen LogP contribution in [0.5, 0.6) is 0 Å². The third-order valence-electron chi connectivity index (χ3n) is 6.00. The van der Waals surface area contributed by atoms with Crippen molar-refractivity contribution in [3.8, 4) is 0 Å². The van der Waals surface area contributed by atoms with Gasteiger partial charge in [0.25, 0.3) is 5.91 Å². The number of amides is 1. The fourth-order valence-electron chi connectivity index (χ4n) is 4.52. The molecular formula is C22H24N6O. The SMILES string of the molecule is O=C(NCc1ccccc1)c1nnc2n1C[C@H]1CN(Cc3ccncc3)C[C@@H]1C2. The Balaban J connectivity index is 1.24. The van der Waals surface area contributed by atoms with Gasteiger partial charge in [-0.05, 0) is 35.1 Å². The molecule has 0 aliphatic carbocycles. The third-order valence-corrected chi connectivity index (χ3v) is 6.00. The molecule has 1 N–H and O–H groups in total. The fourth-order valence-corrected chi connectivity index (χ4v) is 4.52. The zero-order valence-corrected chi connectivity index (χ0v) is 16.2. The summed E-state index contributed by atoms with van der Waals surface area (Å²) >= 11 is 0. The summed E-state index contributed by atoms with van der Waals surface area (Å²) in [7, 11) is 0. The summed E-state index contributed by atoms with van der Waals surface area (Å²) in [5.74, 6) is 2.32. The van der Waals surface area contributed by atoms with E-state index in [2.05, 4.69) is 37.5 Å². The highest BCUT2D eigenvalue weighted by Gasteiger charge is 2.39. The number of carbonyl (C=O) groups is 1. The number of carbonyl (C=O) groups excluding carboxylic acids is 1. The molecule has 0 bridgehead atoms. The monoisotopic (exact) mass is 388 g/mol. The summed E-state index contributed by atoms with van der Waals surface area (Å²) in [6.07, 6.45) is 4.58. The van der Waals surface area contributed by atoms with Crippen LogP contribution in [0.15, 0.2) is 54.9 Å². The summed E-state index contributed by atoms with van der Waals surface area (Å²) in [4.78, 5) is 19.3. The van der Waals surface area contributed by atoms with Gasteiger partial charge in [0.05, 0.1) is 0 Å². The number of hydrogen-bond donors (Lipinski definition) is 1. The number of hydrogen-bond acceptors (Lipinski definition) is 5. The van der Waals surface area contributed by atoms with E-state index in [0.29, 0.717) is 24.2 Å². The number of pyridine rings is 1. The molecule has 0 unspecified atom stereocenters. The largest absolute Gasteiger partial charge is 0.345 e. The maximum Gasteiger partial charge on any atom is 0.289 e. The Bertz CT molecular complexity index is 987. The van der Waals surface area contributed by atoms with Gasteiger partial charge >= 0.3 is 0 Å². The molecule has 5 rings (SSSR count). The minimum atomic E-state index is -0.155. The smallest absolute Gasteiger partial charge is 0.289 e. The Morgan fingerprint density at radius 1 is 0.966 bits per heavy atom. The quantitative estimate of drug-likeness (QED) is 0.723. The Morgan fingerprint density at radius 3 is 2.59 bits per heavy atom. The highest BCUT2D eigenvalue weighted by atomic mass is 16.2. The van der Waals surface area contributed by atoms with Gasteiger partial charge in [-0.2, -0.15) is 0 Å². The zero-order chi connectivity index (χ0) is 19.6. The molecule has 7 nitrogen and oxygen atoms in total. The van der Waals surface area contributed by atoms with E-state index >= 15 is 0 Å². The van der Waals surface area contributed by atoms with Crippen molar-refractivity contribution in [2.24, 2.45) is 11.8 Å². The van der Waals surface area contributed by atoms with E-state index in [1.807, 2.05) is 47.3 Å². The van der Waals surface area contributed by atoms with E-state index in [-0.39, 0.29) is 5.91 Å². The number of rotatable bonds is 5. The standard InChI is InChI=1S/C22H24N6O/c29-22(24-11-16-4-2-1-3-5-16)21-26-25-20-10-18-13-27(14-19(18)15-28(20)21)12-17-6-8-23-9-7-17/h1-9,18-19H,10-15H2,(H,24,29)/t18-,19+/m0/s1. The Hall–Kier alpha value is -3.06. The molecule has 0 radical (unpaired) electrons. The van der Waals surface area contributed by atoms with E-state index in [1.54, 1.807) is 0 Å². The van der Waals surface area contributed by atoms with Gasteiger partial charge in [-0.1, -0.05) is 30.3 Å². The van der Waals surface area contributed by atoms with Crippen molar-refractivity contribution >= 4 is 5.91 Å². The number of fused-ring (bicyclic) bond motifs is 2. The van der Waals surface area contributed by atoms with Gasteiger partial charge in [-0.15, -0.1) is 10.2 Å². The first-order chi connectivity index (χ1) is 14.3. The van der Waals surface area contributed by atoms with Gasteiger partial charge in [0.2, 0.25) is 5.82 Å². The van der Waals surface area contributed by atoms with E-state index in [1.165, 1.54) is 5.56 Å². The highest BCUT2D eigenvalue weighted by Crippen LogP contribution is 2.33. The van der Waals surface area contributed by atoms with Crippen molar-refractivity contribution < 1.29 is 4.79 Å². The van der Waals surface area contributed by atoms with E-state index in [9.17, 15) is 4.79 Å². The Kier molecular flexibility index (Phi) is 4.81. The van der Waals surface area contributed by atoms with Crippen LogP contribution in [0.25, 0.3) is 0 Å². The minimum absolute atomic E-state index is 0.155. The molecule has 2 atom stereocenters. The Morgan fingerprint density at radius 2 is 1.76 bits per heavy atom. The molecule has 7 heteroatoms. The van der Waals surface area contributed by atoms with Crippen LogP contribution >= 0.6 is 0 Å². The summed E-state index contributed by atoms with van der Waals surface area (Å²) in [6, 6.07) is 14.1. The summed E-state index contributed by atoms with van der Waals surface area (Å²) in [5.41, 5.74) is 2.36. The van der Waals surface area contributed by atoms with E-state index in [4.69, 9.17) is 0 Å². The minimum Gasteiger partial charge on any atom is -0.345 e. The lowest BCUT2D eigenvalue weighted by atomic mass is 9.89. The molecule has 3 aromatic rings. The maximum atomic E-state index is 12.7. The molecule has 4 heterocycles. The van der Waals surface area contributed by atoms with Crippen molar-refractivity contribution in [3.05, 3.63) is 77.6 Å². The number of benzene rings is 1. The predicted octanol–water partition coefficient (Wildman–Crippen LogP) is 1.91. The van der Waals surface area contributed by atoms with Crippen LogP contribution in [0.4, 0.5) is 0 Å². The van der Waals surface area contributed by atoms with Gasteiger partial charge in [0.15, 0.2) is 0 Å². The van der Waals surface area contributed by atoms with Crippen molar-refractivity contribution in [2.75, 3.05) is 13.1 Å². The maximum absolute atomic E-state index is 12.7. The van der Waals surface area contributed by atoms with Crippen LogP contribution in [0.2, 0.25) is 0 Å². The van der Waals surface area contributed by atoms with Crippen LogP contribution in [-0.4, -0.2) is 43.6 Å². The third kappa shape index (κ3) is 3.78. The first-order valence-corrected chi connectivity index (χ1v) is 10.1. The second kappa shape index (κ2) is 7.75. The molecule has 1 saturated heterocycles. The summed E-state index contributed by atoms with van der Waals surface area (Å²) < 4.78 is 2.03. The summed E-state index contributed by atoms with van der Waals surface area (Å²) in [5, 5.41) is 11.5. The molecule has 1 fully saturated rings. The molecule has 2 aliphatic heterocycles. The van der Waals surface area contributed by atoms with Crippen LogP contribution in [0, 0.1) is 11.8 Å². The predicted molar refractivity (Wildman–Crippen MR) is 108 cm³/mol. The number of nitrogens with zero attached hydrogens (tertiary/aromatic N) is 5. The molecule has 29 heavy (non-hydrogen) atoms.